The molecule has 0 aromatic heterocycles. The first-order valence-corrected chi connectivity index (χ1v) is 20.6. The molecular weight excluding hydrogens is 1060 g/mol. The van der Waals surface area contributed by atoms with E-state index in [1.165, 1.54) is 12.1 Å². The van der Waals surface area contributed by atoms with Crippen LogP contribution in [-0.4, -0.2) is 51.9 Å². The summed E-state index contributed by atoms with van der Waals surface area (Å²) in [5.41, 5.74) is 2.60. The van der Waals surface area contributed by atoms with Gasteiger partial charge in [0.25, 0.3) is 0 Å². The summed E-state index contributed by atoms with van der Waals surface area (Å²) in [7, 11) is -21.1. The normalized spacial score (nSPS) is 11.7. The van der Waals surface area contributed by atoms with Crippen molar-refractivity contribution in [3.8, 4) is 34.1 Å². The molecule has 2 radical (unpaired) electrons. The van der Waals surface area contributed by atoms with E-state index in [-0.39, 0.29) is 174 Å². The summed E-state index contributed by atoms with van der Waals surface area (Å²) < 4.78 is 140. The molecule has 21 nitrogen and oxygen atoms in total. The largest absolute Gasteiger partial charge is 2.00 e. The molecule has 0 amide bonds. The van der Waals surface area contributed by atoms with E-state index in [9.17, 15) is 72.3 Å². The summed E-state index contributed by atoms with van der Waals surface area (Å²) in [5, 5.41) is 64.9. The van der Waals surface area contributed by atoms with Crippen LogP contribution in [0.1, 0.15) is 0 Å². The molecule has 31 heteroatoms. The van der Waals surface area contributed by atoms with Crippen LogP contribution in [0.4, 0.5) is 28.4 Å². The van der Waals surface area contributed by atoms with E-state index in [1.807, 2.05) is 0 Å². The fourth-order valence-corrected chi connectivity index (χ4v) is 7.71. The average molecular weight is 1070 g/mol. The van der Waals surface area contributed by atoms with Gasteiger partial charge in [-0.15, -0.1) is 5.11 Å². The van der Waals surface area contributed by atoms with E-state index in [0.29, 0.717) is 24.3 Å². The van der Waals surface area contributed by atoms with Crippen molar-refractivity contribution in [1.29, 1.82) is 0 Å². The molecule has 0 atom stereocenters. The van der Waals surface area contributed by atoms with Gasteiger partial charge in [0, 0.05) is 16.0 Å². The molecule has 6 aromatic rings. The van der Waals surface area contributed by atoms with Crippen molar-refractivity contribution in [2.75, 3.05) is 5.73 Å². The number of azo groups is 2. The Morgan fingerprint density at radius 2 is 0.889 bits per heavy atom. The van der Waals surface area contributed by atoms with Crippen LogP contribution >= 0.6 is 0 Å². The molecule has 0 saturated carbocycles. The van der Waals surface area contributed by atoms with Crippen LogP contribution in [0.2, 0.25) is 0 Å². The Balaban J connectivity index is 0.00000641. The number of fused-ring (bicyclic) bond motifs is 2. The molecule has 6 aromatic carbocycles. The van der Waals surface area contributed by atoms with Crippen molar-refractivity contribution < 1.29 is 225 Å². The predicted octanol–water partition coefficient (Wildman–Crippen LogP) is -10.0. The number of rotatable bonds is 9. The molecule has 0 fully saturated rings. The van der Waals surface area contributed by atoms with Crippen molar-refractivity contribution in [3.63, 3.8) is 0 Å². The first-order chi connectivity index (χ1) is 26.3. The predicted molar refractivity (Wildman–Crippen MR) is 182 cm³/mol. The Hall–Kier alpha value is -1.28. The maximum atomic E-state index is 13.2. The van der Waals surface area contributed by atoms with Gasteiger partial charge < -0.3 is 44.4 Å². The van der Waals surface area contributed by atoms with Gasteiger partial charge in [-0.3, -0.25) is 0 Å². The van der Waals surface area contributed by atoms with Crippen molar-refractivity contribution in [2.24, 2.45) is 20.5 Å². The number of nitrogens with two attached hydrogens (primary N) is 1. The summed E-state index contributed by atoms with van der Waals surface area (Å²) >= 11 is 0. The Morgan fingerprint density at radius 3 is 1.33 bits per heavy atom. The van der Waals surface area contributed by atoms with Crippen LogP contribution in [0.3, 0.4) is 0 Å². The number of hydrogen-bond donors (Lipinski definition) is 1. The zero-order valence-corrected chi connectivity index (χ0v) is 45.3. The number of anilines is 1. The molecule has 0 unspecified atom stereocenters. The standard InChI is InChI=1S/C32H23N5O16S4.2Cu.4Na/c33-21-13-19(55(45,46)47)8-17-12-26(56(48,49)50)30(32(41)28(17)21)37-35-23-6-2-15(10-25(23)39)14-1-5-22(24(38)9-14)34-36-29-20-4-3-18(54(42,43)44)7-16(20)11-27(31(29)40)57(51,52)53;;;;;;/h1-13,38-41H,33H2,(H,42,43,44)(H,45,46,47)(H,48,49,50)(H,51,52,53);;;;;;/q;2*+2;4*+1/p-8. The number of nitrogen functional groups attached to an aromatic ring is 1. The second-order valence-corrected chi connectivity index (χ2v) is 17.1. The quantitative estimate of drug-likeness (QED) is 0.0608. The van der Waals surface area contributed by atoms with Gasteiger partial charge in [-0.1, -0.05) is 53.3 Å². The molecule has 0 aliphatic carbocycles. The van der Waals surface area contributed by atoms with Gasteiger partial charge in [0.1, 0.15) is 40.5 Å². The number of nitrogens with zero attached hydrogens (tertiary/aromatic N) is 4. The van der Waals surface area contributed by atoms with Crippen molar-refractivity contribution in [2.45, 2.75) is 19.6 Å². The maximum absolute atomic E-state index is 13.2. The molecule has 63 heavy (non-hydrogen) atoms. The smallest absolute Gasteiger partial charge is 0.871 e. The minimum absolute atomic E-state index is 0. The van der Waals surface area contributed by atoms with E-state index < -0.39 is 122 Å². The van der Waals surface area contributed by atoms with Gasteiger partial charge in [-0.2, -0.15) is 15.3 Å². The fraction of sp³-hybridized carbons (Fsp3) is 0. The second kappa shape index (κ2) is 23.1. The van der Waals surface area contributed by atoms with Gasteiger partial charge >= 0.3 is 152 Å². The van der Waals surface area contributed by atoms with Crippen LogP contribution in [0.15, 0.2) is 119 Å². The van der Waals surface area contributed by atoms with Crippen molar-refractivity contribution in [1.82, 2.24) is 0 Å². The number of hydrogen-bond acceptors (Lipinski definition) is 21. The zero-order chi connectivity index (χ0) is 42.0. The molecule has 0 saturated heterocycles. The van der Waals surface area contributed by atoms with Crippen molar-refractivity contribution in [3.05, 3.63) is 78.9 Å². The Labute approximate surface area is 467 Å². The van der Waals surface area contributed by atoms with Crippen LogP contribution in [-0.2, 0) is 74.6 Å². The van der Waals surface area contributed by atoms with E-state index in [1.54, 1.807) is 0 Å². The van der Waals surface area contributed by atoms with Crippen LogP contribution in [0, 0.1) is 0 Å². The summed E-state index contributed by atoms with van der Waals surface area (Å²) in [6.07, 6.45) is 0. The first kappa shape index (κ1) is 61.7. The molecule has 314 valence electrons. The van der Waals surface area contributed by atoms with E-state index in [4.69, 9.17) is 5.73 Å². The molecule has 0 bridgehead atoms. The van der Waals surface area contributed by atoms with Gasteiger partial charge in [-0.25, -0.2) is 33.7 Å². The van der Waals surface area contributed by atoms with Crippen LogP contribution < -0.4 is 144 Å². The van der Waals surface area contributed by atoms with E-state index in [2.05, 4.69) is 20.5 Å². The van der Waals surface area contributed by atoms with Crippen LogP contribution in [0.5, 0.6) is 23.0 Å². The van der Waals surface area contributed by atoms with E-state index >= 15 is 0 Å². The van der Waals surface area contributed by atoms with Gasteiger partial charge in [0.05, 0.1) is 37.4 Å². The summed E-state index contributed by atoms with van der Waals surface area (Å²) in [5.74, 6) is -4.49. The molecular formula is C32H15Cu2N5Na4O16S4. The summed E-state index contributed by atoms with van der Waals surface area (Å²) in [4.78, 5) is -4.32. The minimum atomic E-state index is -5.50. The third-order valence-electron chi connectivity index (χ3n) is 8.02. The Bertz CT molecular complexity index is 3280. The first-order valence-electron chi connectivity index (χ1n) is 15.0. The third-order valence-corrected chi connectivity index (χ3v) is 11.4. The molecule has 0 aliphatic rings. The zero-order valence-electron chi connectivity index (χ0n) is 32.1. The topological polar surface area (TPSA) is 396 Å². The van der Waals surface area contributed by atoms with Gasteiger partial charge in [-0.05, 0) is 75.8 Å². The molecule has 2 N–H and O–H groups in total. The average Bonchev–Trinajstić information content (AvgIpc) is 3.09. The maximum Gasteiger partial charge on any atom is 2.00 e. The van der Waals surface area contributed by atoms with Crippen LogP contribution in [0.25, 0.3) is 32.7 Å². The fourth-order valence-electron chi connectivity index (χ4n) is 5.43. The Kier molecular flexibility index (Phi) is 22.7. The minimum Gasteiger partial charge on any atom is -0.871 e. The molecule has 6 rings (SSSR count). The third kappa shape index (κ3) is 13.7. The second-order valence-electron chi connectivity index (χ2n) is 11.7. The molecule has 0 aliphatic heterocycles. The molecule has 0 spiro atoms. The monoisotopic (exact) mass is 1070 g/mol. The number of benzene rings is 6. The summed E-state index contributed by atoms with van der Waals surface area (Å²) in [6, 6.07) is 11.5. The van der Waals surface area contributed by atoms with E-state index in [0.717, 1.165) is 42.5 Å². The van der Waals surface area contributed by atoms with Gasteiger partial charge in [0.2, 0.25) is 0 Å². The Morgan fingerprint density at radius 1 is 0.444 bits per heavy atom. The SMILES string of the molecule is Nc1cc(S(=O)(=O)[O-])cc2cc(S(=O)(=O)[O-])c(N=Nc3ccc(-c4ccc(N=Nc5c([O-])c(S(=O)(=O)[O-])cc6cc(S(=O)(=O)[O-])ccc56)c([O-])c4)cc3[O-])c([O-])c12.[Cu+2].[Cu+2].[Na+].[Na+].[Na+].[Na+]. The molecule has 0 heterocycles. The van der Waals surface area contributed by atoms with Gasteiger partial charge in [0.15, 0.2) is 0 Å². The summed E-state index contributed by atoms with van der Waals surface area (Å²) in [6.45, 7) is 0. The van der Waals surface area contributed by atoms with Crippen molar-refractivity contribution >= 4 is 90.5 Å².